The van der Waals surface area contributed by atoms with Gasteiger partial charge in [-0.3, -0.25) is 0 Å². The van der Waals surface area contributed by atoms with E-state index >= 15 is 0 Å². The van der Waals surface area contributed by atoms with E-state index < -0.39 is 0 Å². The second-order valence-electron chi connectivity index (χ2n) is 6.67. The summed E-state index contributed by atoms with van der Waals surface area (Å²) in [6, 6.07) is 7.48. The predicted molar refractivity (Wildman–Crippen MR) is 106 cm³/mol. The Labute approximate surface area is 156 Å². The molecule has 3 aromatic rings. The lowest BCUT2D eigenvalue weighted by Crippen LogP contribution is -2.10. The fraction of sp³-hybridized carbons (Fsp3) is 0.278. The van der Waals surface area contributed by atoms with Gasteiger partial charge in [0, 0.05) is 24.2 Å². The van der Waals surface area contributed by atoms with Crippen molar-refractivity contribution in [3.63, 3.8) is 0 Å². The van der Waals surface area contributed by atoms with Crippen LogP contribution in [0.3, 0.4) is 0 Å². The van der Waals surface area contributed by atoms with Crippen LogP contribution in [-0.2, 0) is 5.41 Å². The number of rotatable bonds is 3. The molecule has 2 heterocycles. The second kappa shape index (κ2) is 6.61. The first-order valence-corrected chi connectivity index (χ1v) is 9.07. The van der Waals surface area contributed by atoms with Crippen LogP contribution in [0.1, 0.15) is 25.8 Å². The summed E-state index contributed by atoms with van der Waals surface area (Å²) in [5.74, 6) is 0.563. The van der Waals surface area contributed by atoms with Crippen LogP contribution in [0.2, 0.25) is 5.02 Å². The minimum Gasteiger partial charge on any atom is -0.398 e. The van der Waals surface area contributed by atoms with Gasteiger partial charge in [0.1, 0.15) is 0 Å². The first kappa shape index (κ1) is 17.6. The van der Waals surface area contributed by atoms with Crippen molar-refractivity contribution in [1.82, 2.24) is 15.0 Å². The number of thiazole rings is 1. The highest BCUT2D eigenvalue weighted by atomic mass is 35.5. The molecule has 0 saturated heterocycles. The van der Waals surface area contributed by atoms with Crippen LogP contribution >= 0.6 is 22.9 Å². The summed E-state index contributed by atoms with van der Waals surface area (Å²) in [4.78, 5) is 14.6. The molecule has 0 aliphatic heterocycles. The molecule has 0 radical (unpaired) electrons. The number of nitrogens with two attached hydrogens (primary N) is 1. The Morgan fingerprint density at radius 3 is 2.60 bits per heavy atom. The molecule has 7 heteroatoms. The largest absolute Gasteiger partial charge is 0.398 e. The molecule has 5 nitrogen and oxygen atoms in total. The van der Waals surface area contributed by atoms with Crippen molar-refractivity contribution in [1.29, 1.82) is 0 Å². The third-order valence-electron chi connectivity index (χ3n) is 3.66. The summed E-state index contributed by atoms with van der Waals surface area (Å²) in [6.45, 7) is 6.41. The predicted octanol–water partition coefficient (Wildman–Crippen LogP) is 4.84. The SMILES string of the molecule is CNc1nccc(-c2sc(C(C)(C)C)nc2-c2cccc(N)c2Cl)n1. The minimum atomic E-state index is -0.0800. The van der Waals surface area contributed by atoms with E-state index in [0.29, 0.717) is 16.7 Å². The molecular formula is C18H20ClN5S. The first-order chi connectivity index (χ1) is 11.8. The highest BCUT2D eigenvalue weighted by Crippen LogP contribution is 2.43. The lowest BCUT2D eigenvalue weighted by Gasteiger charge is -2.13. The van der Waals surface area contributed by atoms with Crippen LogP contribution < -0.4 is 11.1 Å². The Hall–Kier alpha value is -2.18. The lowest BCUT2D eigenvalue weighted by molar-refractivity contribution is 0.586. The van der Waals surface area contributed by atoms with Crippen molar-refractivity contribution >= 4 is 34.6 Å². The normalized spacial score (nSPS) is 11.6. The van der Waals surface area contributed by atoms with Crippen LogP contribution in [0.5, 0.6) is 0 Å². The van der Waals surface area contributed by atoms with Crippen molar-refractivity contribution < 1.29 is 0 Å². The Morgan fingerprint density at radius 1 is 1.16 bits per heavy atom. The number of hydrogen-bond donors (Lipinski definition) is 2. The number of benzene rings is 1. The topological polar surface area (TPSA) is 76.7 Å². The molecule has 130 valence electrons. The summed E-state index contributed by atoms with van der Waals surface area (Å²) >= 11 is 8.08. The minimum absolute atomic E-state index is 0.0800. The highest BCUT2D eigenvalue weighted by molar-refractivity contribution is 7.15. The Morgan fingerprint density at radius 2 is 1.92 bits per heavy atom. The number of aromatic nitrogens is 3. The third kappa shape index (κ3) is 3.45. The molecule has 3 rings (SSSR count). The highest BCUT2D eigenvalue weighted by Gasteiger charge is 2.25. The number of nitrogens with one attached hydrogen (secondary N) is 1. The molecule has 2 aromatic heterocycles. The van der Waals surface area contributed by atoms with Crippen molar-refractivity contribution in [2.24, 2.45) is 0 Å². The van der Waals surface area contributed by atoms with E-state index in [1.807, 2.05) is 18.2 Å². The third-order valence-corrected chi connectivity index (χ3v) is 5.59. The average molecular weight is 374 g/mol. The number of nitrogens with zero attached hydrogens (tertiary/aromatic N) is 3. The van der Waals surface area contributed by atoms with Crippen molar-refractivity contribution in [2.45, 2.75) is 26.2 Å². The molecule has 25 heavy (non-hydrogen) atoms. The van der Waals surface area contributed by atoms with Gasteiger partial charge in [-0.15, -0.1) is 11.3 Å². The van der Waals surface area contributed by atoms with Gasteiger partial charge in [0.2, 0.25) is 5.95 Å². The molecule has 3 N–H and O–H groups in total. The van der Waals surface area contributed by atoms with E-state index in [4.69, 9.17) is 22.3 Å². The lowest BCUT2D eigenvalue weighted by atomic mass is 9.98. The summed E-state index contributed by atoms with van der Waals surface area (Å²) in [7, 11) is 1.79. The summed E-state index contributed by atoms with van der Waals surface area (Å²) in [5.41, 5.74) is 8.87. The van der Waals surface area contributed by atoms with Gasteiger partial charge in [0.25, 0.3) is 0 Å². The Kier molecular flexibility index (Phi) is 4.67. The maximum Gasteiger partial charge on any atom is 0.222 e. The maximum atomic E-state index is 6.46. The van der Waals surface area contributed by atoms with Crippen molar-refractivity contribution in [3.8, 4) is 21.8 Å². The molecule has 0 aliphatic carbocycles. The summed E-state index contributed by atoms with van der Waals surface area (Å²) < 4.78 is 0. The second-order valence-corrected chi connectivity index (χ2v) is 8.05. The van der Waals surface area contributed by atoms with Gasteiger partial charge in [0.05, 0.1) is 32.0 Å². The van der Waals surface area contributed by atoms with Crippen LogP contribution in [0, 0.1) is 0 Å². The quantitative estimate of drug-likeness (QED) is 0.642. The fourth-order valence-electron chi connectivity index (χ4n) is 2.34. The zero-order chi connectivity index (χ0) is 18.2. The van der Waals surface area contributed by atoms with Gasteiger partial charge in [0.15, 0.2) is 0 Å². The van der Waals surface area contributed by atoms with Crippen LogP contribution in [0.15, 0.2) is 30.5 Å². The molecule has 0 bridgehead atoms. The van der Waals surface area contributed by atoms with Crippen LogP contribution in [-0.4, -0.2) is 22.0 Å². The molecule has 0 aliphatic rings. The monoisotopic (exact) mass is 373 g/mol. The molecule has 0 atom stereocenters. The van der Waals surface area contributed by atoms with Gasteiger partial charge in [-0.05, 0) is 12.1 Å². The van der Waals surface area contributed by atoms with Crippen LogP contribution in [0.25, 0.3) is 21.8 Å². The van der Waals surface area contributed by atoms with Gasteiger partial charge in [-0.2, -0.15) is 0 Å². The van der Waals surface area contributed by atoms with E-state index in [2.05, 4.69) is 36.1 Å². The number of nitrogen functional groups attached to an aromatic ring is 1. The zero-order valence-corrected chi connectivity index (χ0v) is 16.2. The first-order valence-electron chi connectivity index (χ1n) is 7.88. The smallest absolute Gasteiger partial charge is 0.222 e. The summed E-state index contributed by atoms with van der Waals surface area (Å²) in [6.07, 6.45) is 1.73. The van der Waals surface area contributed by atoms with Crippen molar-refractivity contribution in [2.75, 3.05) is 18.1 Å². The molecule has 0 saturated carbocycles. The number of hydrogen-bond acceptors (Lipinski definition) is 6. The van der Waals surface area contributed by atoms with E-state index in [-0.39, 0.29) is 5.41 Å². The van der Waals surface area contributed by atoms with Gasteiger partial charge in [-0.25, -0.2) is 15.0 Å². The van der Waals surface area contributed by atoms with E-state index in [9.17, 15) is 0 Å². The Balaban J connectivity index is 2.26. The van der Waals surface area contributed by atoms with Crippen molar-refractivity contribution in [3.05, 3.63) is 40.5 Å². The standard InChI is InChI=1S/C18H20ClN5S/c1-18(2,3)16-24-14(10-6-5-7-11(20)13(10)19)15(25-16)12-8-9-22-17(21-4)23-12/h5-9H,20H2,1-4H3,(H,21,22,23). The Bertz CT molecular complexity index is 914. The van der Waals surface area contributed by atoms with Gasteiger partial charge >= 0.3 is 0 Å². The zero-order valence-electron chi connectivity index (χ0n) is 14.6. The molecule has 0 fully saturated rings. The molecule has 0 unspecified atom stereocenters. The molecular weight excluding hydrogens is 354 g/mol. The molecule has 1 aromatic carbocycles. The van der Waals surface area contributed by atoms with E-state index in [1.165, 1.54) is 0 Å². The number of halogens is 1. The number of anilines is 2. The van der Waals surface area contributed by atoms with Crippen LogP contribution in [0.4, 0.5) is 11.6 Å². The van der Waals surface area contributed by atoms with E-state index in [0.717, 1.165) is 26.8 Å². The molecule has 0 spiro atoms. The maximum absolute atomic E-state index is 6.46. The summed E-state index contributed by atoms with van der Waals surface area (Å²) in [5, 5.41) is 4.50. The van der Waals surface area contributed by atoms with E-state index in [1.54, 1.807) is 30.6 Å². The van der Waals surface area contributed by atoms with Gasteiger partial charge in [-0.1, -0.05) is 44.5 Å². The molecule has 0 amide bonds. The fourth-order valence-corrected chi connectivity index (χ4v) is 3.66. The average Bonchev–Trinajstić information content (AvgIpc) is 3.03. The van der Waals surface area contributed by atoms with Gasteiger partial charge < -0.3 is 11.1 Å².